The molecule has 2 fully saturated rings. The number of hydrogen-bond donors (Lipinski definition) is 1. The summed E-state index contributed by atoms with van der Waals surface area (Å²) in [5.74, 6) is 1.84. The van der Waals surface area contributed by atoms with E-state index in [2.05, 4.69) is 69.0 Å². The Bertz CT molecular complexity index is 1230. The third-order valence-electron chi connectivity index (χ3n) is 8.83. The Balaban J connectivity index is 0.000000526. The molecule has 2 atom stereocenters. The van der Waals surface area contributed by atoms with Gasteiger partial charge in [0.1, 0.15) is 18.3 Å². The van der Waals surface area contributed by atoms with Crippen LogP contribution in [0.4, 0.5) is 5.69 Å². The molecular weight excluding hydrogens is 526 g/mol. The van der Waals surface area contributed by atoms with E-state index < -0.39 is 0 Å². The van der Waals surface area contributed by atoms with Gasteiger partial charge in [-0.1, -0.05) is 56.3 Å². The maximum absolute atomic E-state index is 10.1. The summed E-state index contributed by atoms with van der Waals surface area (Å²) in [5.41, 5.74) is 6.49. The third-order valence-corrected chi connectivity index (χ3v) is 8.83. The number of hydrogen-bond acceptors (Lipinski definition) is 6. The van der Waals surface area contributed by atoms with Gasteiger partial charge in [-0.2, -0.15) is 0 Å². The Hall–Kier alpha value is -3.06. The number of methoxy groups -OCH3 is 3. The number of piperidine rings is 1. The smallest absolute Gasteiger partial charge is 0.145 e. The Labute approximate surface area is 252 Å². The fraction of sp³-hybridized carbons (Fsp3) is 0.500. The summed E-state index contributed by atoms with van der Waals surface area (Å²) in [5, 5.41) is 10.1. The van der Waals surface area contributed by atoms with Gasteiger partial charge in [0.05, 0.1) is 12.7 Å². The Kier molecular flexibility index (Phi) is 11.7. The molecular formula is C36H49NO5. The average Bonchev–Trinajstić information content (AvgIpc) is 3.50. The van der Waals surface area contributed by atoms with Crippen LogP contribution in [0.25, 0.3) is 0 Å². The molecule has 6 nitrogen and oxygen atoms in total. The van der Waals surface area contributed by atoms with Gasteiger partial charge in [-0.25, -0.2) is 0 Å². The van der Waals surface area contributed by atoms with E-state index in [4.69, 9.17) is 9.47 Å². The molecule has 42 heavy (non-hydrogen) atoms. The Morgan fingerprint density at radius 3 is 2.21 bits per heavy atom. The zero-order valence-corrected chi connectivity index (χ0v) is 26.1. The molecule has 3 aromatic rings. The van der Waals surface area contributed by atoms with Crippen molar-refractivity contribution in [3.8, 4) is 11.5 Å². The molecule has 3 aliphatic rings. The fourth-order valence-corrected chi connectivity index (χ4v) is 6.84. The maximum atomic E-state index is 10.1. The van der Waals surface area contributed by atoms with E-state index in [1.807, 2.05) is 26.0 Å². The van der Waals surface area contributed by atoms with Crippen molar-refractivity contribution >= 4 is 5.69 Å². The van der Waals surface area contributed by atoms with Crippen LogP contribution in [0, 0.1) is 0 Å². The normalized spacial score (nSPS) is 20.5. The molecule has 3 aromatic carbocycles. The van der Waals surface area contributed by atoms with Crippen molar-refractivity contribution in [1.82, 2.24) is 0 Å². The molecule has 0 radical (unpaired) electrons. The third kappa shape index (κ3) is 7.28. The van der Waals surface area contributed by atoms with Gasteiger partial charge in [0.2, 0.25) is 0 Å². The van der Waals surface area contributed by atoms with Gasteiger partial charge >= 0.3 is 0 Å². The zero-order valence-electron chi connectivity index (χ0n) is 26.1. The molecule has 0 aromatic heterocycles. The van der Waals surface area contributed by atoms with Crippen LogP contribution in [0.3, 0.4) is 0 Å². The number of anilines is 1. The fourth-order valence-electron chi connectivity index (χ4n) is 6.84. The average molecular weight is 576 g/mol. The Morgan fingerprint density at radius 1 is 0.881 bits per heavy atom. The molecule has 1 N–H and O–H groups in total. The lowest BCUT2D eigenvalue weighted by Crippen LogP contribution is -2.44. The number of phenols is 1. The zero-order chi connectivity index (χ0) is 30.0. The van der Waals surface area contributed by atoms with Crippen molar-refractivity contribution in [2.75, 3.05) is 52.7 Å². The van der Waals surface area contributed by atoms with Crippen LogP contribution in [-0.4, -0.2) is 58.5 Å². The Morgan fingerprint density at radius 2 is 1.60 bits per heavy atom. The van der Waals surface area contributed by atoms with Gasteiger partial charge in [0, 0.05) is 57.2 Å². The van der Waals surface area contributed by atoms with Crippen molar-refractivity contribution in [1.29, 1.82) is 0 Å². The van der Waals surface area contributed by atoms with E-state index in [0.29, 0.717) is 18.5 Å². The van der Waals surface area contributed by atoms with Crippen molar-refractivity contribution in [2.45, 2.75) is 69.8 Å². The summed E-state index contributed by atoms with van der Waals surface area (Å²) < 4.78 is 21.1. The van der Waals surface area contributed by atoms with E-state index in [1.54, 1.807) is 21.3 Å². The first-order valence-corrected chi connectivity index (χ1v) is 15.5. The summed E-state index contributed by atoms with van der Waals surface area (Å²) in [6.45, 7) is 7.37. The van der Waals surface area contributed by atoms with Gasteiger partial charge in [0.25, 0.3) is 0 Å². The number of ether oxygens (including phenoxy) is 4. The standard InChI is InChI=1S/C31H35NO3.C3H8O2.C2H6/c1-34-29-21-24(32-17-15-31(16-18-32)14-5-19-35-31)9-12-28(29)30-26(22-6-3-2-4-7-22)11-8-23-20-25(33)10-13-27(23)30;1-4-3-5-2;1-2/h2-4,6-7,9-10,12-13,20-21,26,30,33H,5,8,11,14-19H2,1H3;3H2,1-2H3;1-2H3. The first-order valence-electron chi connectivity index (χ1n) is 15.5. The van der Waals surface area contributed by atoms with E-state index in [0.717, 1.165) is 51.1 Å². The molecule has 6 rings (SSSR count). The second-order valence-corrected chi connectivity index (χ2v) is 11.2. The van der Waals surface area contributed by atoms with Crippen molar-refractivity contribution in [3.05, 3.63) is 89.0 Å². The lowest BCUT2D eigenvalue weighted by molar-refractivity contribution is -0.0146. The van der Waals surface area contributed by atoms with E-state index in [-0.39, 0.29) is 11.5 Å². The second-order valence-electron chi connectivity index (χ2n) is 11.2. The lowest BCUT2D eigenvalue weighted by Gasteiger charge is -2.40. The molecule has 1 spiro atoms. The summed E-state index contributed by atoms with van der Waals surface area (Å²) in [4.78, 5) is 2.49. The second kappa shape index (κ2) is 15.4. The SMILES string of the molecule is CC.COCOC.COc1cc(N2CCC3(CCCO3)CC2)ccc1C1c2ccc(O)cc2CCC1c1ccccc1. The molecule has 0 saturated carbocycles. The molecule has 2 heterocycles. The van der Waals surface area contributed by atoms with Crippen LogP contribution >= 0.6 is 0 Å². The quantitative estimate of drug-likeness (QED) is 0.304. The highest BCUT2D eigenvalue weighted by Gasteiger charge is 2.39. The molecule has 6 heteroatoms. The van der Waals surface area contributed by atoms with E-state index in [1.165, 1.54) is 40.8 Å². The molecule has 228 valence electrons. The number of nitrogens with zero attached hydrogens (tertiary/aromatic N) is 1. The van der Waals surface area contributed by atoms with E-state index in [9.17, 15) is 5.11 Å². The summed E-state index contributed by atoms with van der Waals surface area (Å²) in [7, 11) is 4.96. The van der Waals surface area contributed by atoms with Crippen LogP contribution in [0.15, 0.2) is 66.7 Å². The summed E-state index contributed by atoms with van der Waals surface area (Å²) in [6, 6.07) is 23.5. The van der Waals surface area contributed by atoms with Crippen molar-refractivity contribution in [3.63, 3.8) is 0 Å². The number of fused-ring (bicyclic) bond motifs is 1. The molecule has 2 unspecified atom stereocenters. The minimum atomic E-state index is 0.126. The van der Waals surface area contributed by atoms with Gasteiger partial charge in [-0.15, -0.1) is 0 Å². The van der Waals surface area contributed by atoms with Crippen LogP contribution in [-0.2, 0) is 20.6 Å². The predicted octanol–water partition coefficient (Wildman–Crippen LogP) is 7.68. The number of aromatic hydroxyl groups is 1. The largest absolute Gasteiger partial charge is 0.508 e. The van der Waals surface area contributed by atoms with Gasteiger partial charge < -0.3 is 29.0 Å². The lowest BCUT2D eigenvalue weighted by atomic mass is 9.69. The van der Waals surface area contributed by atoms with Crippen LogP contribution in [0.1, 0.15) is 80.0 Å². The summed E-state index contributed by atoms with van der Waals surface area (Å²) >= 11 is 0. The van der Waals surface area contributed by atoms with Gasteiger partial charge in [-0.3, -0.25) is 0 Å². The molecule has 2 saturated heterocycles. The van der Waals surface area contributed by atoms with Gasteiger partial charge in [0.15, 0.2) is 0 Å². The van der Waals surface area contributed by atoms with Crippen LogP contribution in [0.5, 0.6) is 11.5 Å². The first kappa shape index (κ1) is 31.9. The highest BCUT2D eigenvalue weighted by atomic mass is 16.6. The predicted molar refractivity (Wildman–Crippen MR) is 170 cm³/mol. The minimum absolute atomic E-state index is 0.126. The first-order chi connectivity index (χ1) is 20.6. The number of phenolic OH excluding ortho intramolecular Hbond substituents is 1. The van der Waals surface area contributed by atoms with Crippen molar-refractivity contribution < 1.29 is 24.1 Å². The monoisotopic (exact) mass is 575 g/mol. The van der Waals surface area contributed by atoms with E-state index >= 15 is 0 Å². The molecule has 0 bridgehead atoms. The van der Waals surface area contributed by atoms with Crippen LogP contribution in [0.2, 0.25) is 0 Å². The molecule has 2 aliphatic heterocycles. The number of rotatable bonds is 6. The summed E-state index contributed by atoms with van der Waals surface area (Å²) in [6.07, 6.45) is 6.63. The van der Waals surface area contributed by atoms with Crippen LogP contribution < -0.4 is 9.64 Å². The van der Waals surface area contributed by atoms with Crippen molar-refractivity contribution in [2.24, 2.45) is 0 Å². The minimum Gasteiger partial charge on any atom is -0.508 e. The highest BCUT2D eigenvalue weighted by Crippen LogP contribution is 2.50. The molecule has 1 aliphatic carbocycles. The maximum Gasteiger partial charge on any atom is 0.145 e. The molecule has 0 amide bonds. The van der Waals surface area contributed by atoms with Gasteiger partial charge in [-0.05, 0) is 79.3 Å². The number of benzene rings is 3. The topological polar surface area (TPSA) is 60.4 Å². The highest BCUT2D eigenvalue weighted by molar-refractivity contribution is 5.58. The number of aryl methyl sites for hydroxylation is 1.